The zero-order valence-electron chi connectivity index (χ0n) is 11.3. The molecular formula is C15H19NO2S. The van der Waals surface area contributed by atoms with Gasteiger partial charge in [-0.1, -0.05) is 6.92 Å². The van der Waals surface area contributed by atoms with Crippen molar-refractivity contribution in [2.24, 2.45) is 5.92 Å². The number of nitrogens with zero attached hydrogens (tertiary/aromatic N) is 1. The molecule has 3 nitrogen and oxygen atoms in total. The Balaban J connectivity index is 1.74. The van der Waals surface area contributed by atoms with Crippen molar-refractivity contribution in [2.75, 3.05) is 13.1 Å². The van der Waals surface area contributed by atoms with E-state index in [0.29, 0.717) is 25.3 Å². The molecule has 1 unspecified atom stereocenters. The molecule has 1 aliphatic heterocycles. The molecule has 3 rings (SSSR count). The number of amides is 1. The molecule has 0 bridgehead atoms. The van der Waals surface area contributed by atoms with Gasteiger partial charge in [-0.2, -0.15) is 0 Å². The zero-order chi connectivity index (χ0) is 13.4. The van der Waals surface area contributed by atoms with Gasteiger partial charge in [-0.3, -0.25) is 9.59 Å². The van der Waals surface area contributed by atoms with Gasteiger partial charge in [0.25, 0.3) is 5.91 Å². The molecule has 1 aromatic rings. The third-order valence-corrected chi connectivity index (χ3v) is 5.49. The van der Waals surface area contributed by atoms with E-state index in [1.165, 1.54) is 16.9 Å². The van der Waals surface area contributed by atoms with Crippen LogP contribution in [0.3, 0.4) is 0 Å². The number of Topliss-reactive ketones (excluding diaryl/α,β-unsaturated/α-hetero) is 1. The lowest BCUT2D eigenvalue weighted by molar-refractivity contribution is -0.125. The number of ketones is 1. The van der Waals surface area contributed by atoms with Crippen molar-refractivity contribution in [3.05, 3.63) is 21.4 Å². The summed E-state index contributed by atoms with van der Waals surface area (Å²) < 4.78 is 0. The van der Waals surface area contributed by atoms with Crippen LogP contribution in [0.1, 0.15) is 46.3 Å². The van der Waals surface area contributed by atoms with Gasteiger partial charge in [-0.15, -0.1) is 11.3 Å². The first-order chi connectivity index (χ1) is 9.19. The van der Waals surface area contributed by atoms with Gasteiger partial charge in [0, 0.05) is 30.3 Å². The third-order valence-electron chi connectivity index (χ3n) is 4.26. The number of aryl methyl sites for hydroxylation is 2. The van der Waals surface area contributed by atoms with Crippen LogP contribution in [0.5, 0.6) is 0 Å². The van der Waals surface area contributed by atoms with E-state index in [2.05, 4.69) is 6.07 Å². The highest BCUT2D eigenvalue weighted by Crippen LogP contribution is 2.31. The maximum absolute atomic E-state index is 12.5. The Labute approximate surface area is 117 Å². The van der Waals surface area contributed by atoms with Crippen molar-refractivity contribution in [2.45, 2.75) is 39.0 Å². The van der Waals surface area contributed by atoms with Gasteiger partial charge >= 0.3 is 0 Å². The molecule has 0 aromatic carbocycles. The molecule has 19 heavy (non-hydrogen) atoms. The number of thiophene rings is 1. The first-order valence-corrected chi connectivity index (χ1v) is 7.94. The van der Waals surface area contributed by atoms with Crippen LogP contribution < -0.4 is 0 Å². The van der Waals surface area contributed by atoms with Gasteiger partial charge in [0.05, 0.1) is 4.88 Å². The summed E-state index contributed by atoms with van der Waals surface area (Å²) in [5.74, 6) is 0.495. The highest BCUT2D eigenvalue weighted by molar-refractivity contribution is 7.14. The number of carbonyl (C=O) groups is 2. The number of hydrogen-bond acceptors (Lipinski definition) is 3. The van der Waals surface area contributed by atoms with Crippen LogP contribution in [0, 0.1) is 5.92 Å². The van der Waals surface area contributed by atoms with Gasteiger partial charge in [-0.25, -0.2) is 0 Å². The summed E-state index contributed by atoms with van der Waals surface area (Å²) in [7, 11) is 0. The van der Waals surface area contributed by atoms with Crippen molar-refractivity contribution in [3.63, 3.8) is 0 Å². The molecule has 0 N–H and O–H groups in total. The van der Waals surface area contributed by atoms with Crippen LogP contribution >= 0.6 is 11.3 Å². The number of likely N-dealkylation sites (tertiary alicyclic amines) is 1. The minimum absolute atomic E-state index is 0.0458. The zero-order valence-corrected chi connectivity index (χ0v) is 12.1. The molecule has 2 heterocycles. The Morgan fingerprint density at radius 3 is 3.00 bits per heavy atom. The first-order valence-electron chi connectivity index (χ1n) is 7.12. The van der Waals surface area contributed by atoms with E-state index in [-0.39, 0.29) is 11.8 Å². The molecule has 1 aromatic heterocycles. The number of rotatable bonds is 2. The highest BCUT2D eigenvalue weighted by atomic mass is 32.1. The Morgan fingerprint density at radius 2 is 2.26 bits per heavy atom. The number of carbonyl (C=O) groups excluding carboxylic acids is 2. The minimum atomic E-state index is 0.0458. The van der Waals surface area contributed by atoms with Crippen molar-refractivity contribution in [1.82, 2.24) is 4.90 Å². The fourth-order valence-corrected chi connectivity index (χ4v) is 4.26. The van der Waals surface area contributed by atoms with Gasteiger partial charge in [0.2, 0.25) is 0 Å². The van der Waals surface area contributed by atoms with Crippen LogP contribution in [-0.2, 0) is 17.6 Å². The van der Waals surface area contributed by atoms with Crippen LogP contribution in [-0.4, -0.2) is 29.7 Å². The van der Waals surface area contributed by atoms with Crippen LogP contribution in [0.25, 0.3) is 0 Å². The second kappa shape index (κ2) is 5.08. The average molecular weight is 277 g/mol. The van der Waals surface area contributed by atoms with Gasteiger partial charge in [0.1, 0.15) is 5.78 Å². The standard InChI is InChI=1S/C15H19NO2S/c1-2-10-9-16(7-6-12(10)17)15(18)14-8-11-4-3-5-13(11)19-14/h8,10H,2-7,9H2,1H3. The summed E-state index contributed by atoms with van der Waals surface area (Å²) in [4.78, 5) is 28.3. The lowest BCUT2D eigenvalue weighted by Gasteiger charge is -2.31. The average Bonchev–Trinajstić information content (AvgIpc) is 2.99. The van der Waals surface area contributed by atoms with E-state index < -0.39 is 0 Å². The summed E-state index contributed by atoms with van der Waals surface area (Å²) >= 11 is 1.66. The van der Waals surface area contributed by atoms with E-state index in [9.17, 15) is 9.59 Å². The predicted octanol–water partition coefficient (Wildman–Crippen LogP) is 2.68. The summed E-state index contributed by atoms with van der Waals surface area (Å²) in [6.45, 7) is 3.23. The first kappa shape index (κ1) is 12.9. The fourth-order valence-electron chi connectivity index (χ4n) is 3.04. The van der Waals surface area contributed by atoms with Gasteiger partial charge in [0.15, 0.2) is 0 Å². The molecule has 1 aliphatic carbocycles. The van der Waals surface area contributed by atoms with Crippen molar-refractivity contribution in [1.29, 1.82) is 0 Å². The molecular weight excluding hydrogens is 258 g/mol. The quantitative estimate of drug-likeness (QED) is 0.833. The third kappa shape index (κ3) is 2.34. The van der Waals surface area contributed by atoms with E-state index >= 15 is 0 Å². The monoisotopic (exact) mass is 277 g/mol. The molecule has 102 valence electrons. The Hall–Kier alpha value is -1.16. The van der Waals surface area contributed by atoms with Crippen LogP contribution in [0.15, 0.2) is 6.07 Å². The summed E-state index contributed by atoms with van der Waals surface area (Å²) in [6.07, 6.45) is 4.84. The lowest BCUT2D eigenvalue weighted by Crippen LogP contribution is -2.43. The van der Waals surface area contributed by atoms with Crippen LogP contribution in [0.2, 0.25) is 0 Å². The Kier molecular flexibility index (Phi) is 3.44. The topological polar surface area (TPSA) is 37.4 Å². The lowest BCUT2D eigenvalue weighted by atomic mass is 9.94. The number of fused-ring (bicyclic) bond motifs is 1. The maximum atomic E-state index is 12.5. The smallest absolute Gasteiger partial charge is 0.263 e. The summed E-state index contributed by atoms with van der Waals surface area (Å²) in [6, 6.07) is 2.08. The molecule has 4 heteroatoms. The highest BCUT2D eigenvalue weighted by Gasteiger charge is 2.30. The Bertz CT molecular complexity index is 499. The number of hydrogen-bond donors (Lipinski definition) is 0. The molecule has 1 fully saturated rings. The minimum Gasteiger partial charge on any atom is -0.337 e. The Morgan fingerprint density at radius 1 is 1.42 bits per heavy atom. The van der Waals surface area contributed by atoms with E-state index in [4.69, 9.17) is 0 Å². The van der Waals surface area contributed by atoms with E-state index in [1.54, 1.807) is 11.3 Å². The molecule has 0 spiro atoms. The van der Waals surface area contributed by atoms with E-state index in [0.717, 1.165) is 24.1 Å². The number of piperidine rings is 1. The van der Waals surface area contributed by atoms with Crippen LogP contribution in [0.4, 0.5) is 0 Å². The summed E-state index contributed by atoms with van der Waals surface area (Å²) in [5, 5.41) is 0. The predicted molar refractivity (Wildman–Crippen MR) is 75.7 cm³/mol. The normalized spacial score (nSPS) is 22.7. The molecule has 1 amide bonds. The molecule has 0 saturated carbocycles. The largest absolute Gasteiger partial charge is 0.337 e. The molecule has 0 radical (unpaired) electrons. The molecule has 1 saturated heterocycles. The van der Waals surface area contributed by atoms with E-state index in [1.807, 2.05) is 11.8 Å². The second-order valence-corrected chi connectivity index (χ2v) is 6.62. The SMILES string of the molecule is CCC1CN(C(=O)c2cc3c(s2)CCC3)CCC1=O. The molecule has 2 aliphatic rings. The van der Waals surface area contributed by atoms with Gasteiger partial charge < -0.3 is 4.90 Å². The van der Waals surface area contributed by atoms with Crippen molar-refractivity contribution < 1.29 is 9.59 Å². The fraction of sp³-hybridized carbons (Fsp3) is 0.600. The second-order valence-electron chi connectivity index (χ2n) is 5.49. The molecule has 1 atom stereocenters. The van der Waals surface area contributed by atoms with Gasteiger partial charge in [-0.05, 0) is 37.3 Å². The summed E-state index contributed by atoms with van der Waals surface area (Å²) in [5.41, 5.74) is 1.37. The van der Waals surface area contributed by atoms with Crippen molar-refractivity contribution in [3.8, 4) is 0 Å². The maximum Gasteiger partial charge on any atom is 0.263 e. The van der Waals surface area contributed by atoms with Crippen molar-refractivity contribution >= 4 is 23.0 Å².